The predicted octanol–water partition coefficient (Wildman–Crippen LogP) is 6.83. The van der Waals surface area contributed by atoms with Crippen LogP contribution in [0.5, 0.6) is 11.5 Å². The number of piperidine rings is 2. The van der Waals surface area contributed by atoms with Gasteiger partial charge < -0.3 is 28.7 Å². The van der Waals surface area contributed by atoms with Gasteiger partial charge >= 0.3 is 12.2 Å². The molecule has 0 N–H and O–H groups in total. The SMILES string of the molecule is COc1ccc2nc(C3CCN(C(=O)OC(C)(C)C)CC3)cc([C@H]3CN(C4CCN(Cc5ccc(OC)c(C)c5)CC4)C(=O)O3)c2c1. The molecule has 0 bridgehead atoms. The minimum atomic E-state index is -0.524. The summed E-state index contributed by atoms with van der Waals surface area (Å²) in [5.74, 6) is 1.83. The molecular weight excluding hydrogens is 596 g/mol. The highest BCUT2D eigenvalue weighted by atomic mass is 16.6. The number of carbonyl (C=O) groups is 2. The Morgan fingerprint density at radius 1 is 0.957 bits per heavy atom. The molecule has 252 valence electrons. The zero-order chi connectivity index (χ0) is 33.3. The summed E-state index contributed by atoms with van der Waals surface area (Å²) >= 11 is 0. The van der Waals surface area contributed by atoms with Crippen molar-refractivity contribution in [1.29, 1.82) is 0 Å². The van der Waals surface area contributed by atoms with Crippen molar-refractivity contribution < 1.29 is 28.5 Å². The molecule has 1 aromatic heterocycles. The van der Waals surface area contributed by atoms with E-state index in [2.05, 4.69) is 30.0 Å². The second-order valence-corrected chi connectivity index (χ2v) is 14.1. The number of rotatable bonds is 7. The van der Waals surface area contributed by atoms with Crippen molar-refractivity contribution in [2.45, 2.75) is 83.6 Å². The maximum absolute atomic E-state index is 13.4. The fourth-order valence-corrected chi connectivity index (χ4v) is 7.17. The topological polar surface area (TPSA) is 93.7 Å². The van der Waals surface area contributed by atoms with E-state index in [4.69, 9.17) is 23.9 Å². The molecule has 0 spiro atoms. The third kappa shape index (κ3) is 7.43. The Kier molecular flexibility index (Phi) is 9.50. The van der Waals surface area contributed by atoms with Gasteiger partial charge in [-0.15, -0.1) is 0 Å². The molecule has 0 radical (unpaired) electrons. The summed E-state index contributed by atoms with van der Waals surface area (Å²) in [6.07, 6.45) is 2.47. The summed E-state index contributed by atoms with van der Waals surface area (Å²) in [6, 6.07) is 14.5. The highest BCUT2D eigenvalue weighted by molar-refractivity contribution is 5.85. The summed E-state index contributed by atoms with van der Waals surface area (Å²) in [4.78, 5) is 37.3. The first-order valence-corrected chi connectivity index (χ1v) is 16.8. The number of pyridine rings is 1. The molecule has 10 nitrogen and oxygen atoms in total. The fourth-order valence-electron chi connectivity index (χ4n) is 7.17. The molecule has 3 saturated heterocycles. The molecule has 0 unspecified atom stereocenters. The van der Waals surface area contributed by atoms with Gasteiger partial charge in [0.1, 0.15) is 23.2 Å². The van der Waals surface area contributed by atoms with Crippen LogP contribution in [0.3, 0.4) is 0 Å². The van der Waals surface area contributed by atoms with E-state index in [-0.39, 0.29) is 24.1 Å². The number of hydrogen-bond acceptors (Lipinski definition) is 8. The van der Waals surface area contributed by atoms with E-state index in [9.17, 15) is 9.59 Å². The number of aryl methyl sites for hydroxylation is 1. The van der Waals surface area contributed by atoms with Crippen LogP contribution in [0.4, 0.5) is 9.59 Å². The molecule has 0 aliphatic carbocycles. The Morgan fingerprint density at radius 2 is 1.70 bits per heavy atom. The van der Waals surface area contributed by atoms with E-state index < -0.39 is 11.7 Å². The summed E-state index contributed by atoms with van der Waals surface area (Å²) in [5.41, 5.74) is 4.67. The molecule has 4 heterocycles. The van der Waals surface area contributed by atoms with Crippen molar-refractivity contribution in [1.82, 2.24) is 19.7 Å². The van der Waals surface area contributed by atoms with Gasteiger partial charge in [-0.2, -0.15) is 0 Å². The average Bonchev–Trinajstić information content (AvgIpc) is 3.44. The number of ether oxygens (including phenoxy) is 4. The molecular formula is C37H48N4O6. The van der Waals surface area contributed by atoms with Crippen LogP contribution in [-0.2, 0) is 16.0 Å². The lowest BCUT2D eigenvalue weighted by Crippen LogP contribution is -2.45. The number of amides is 2. The van der Waals surface area contributed by atoms with Crippen molar-refractivity contribution in [3.8, 4) is 11.5 Å². The molecule has 1 atom stereocenters. The van der Waals surface area contributed by atoms with Gasteiger partial charge in [0.15, 0.2) is 0 Å². The lowest BCUT2D eigenvalue weighted by atomic mass is 9.90. The molecule has 2 amide bonds. The van der Waals surface area contributed by atoms with E-state index in [1.165, 1.54) is 5.56 Å². The van der Waals surface area contributed by atoms with Crippen molar-refractivity contribution in [3.05, 3.63) is 64.8 Å². The molecule has 3 aliphatic rings. The first kappa shape index (κ1) is 32.9. The minimum absolute atomic E-state index is 0.139. The van der Waals surface area contributed by atoms with Crippen molar-refractivity contribution >= 4 is 23.1 Å². The Labute approximate surface area is 277 Å². The van der Waals surface area contributed by atoms with Crippen LogP contribution in [0, 0.1) is 6.92 Å². The van der Waals surface area contributed by atoms with Crippen LogP contribution in [0.25, 0.3) is 10.9 Å². The average molecular weight is 645 g/mol. The quantitative estimate of drug-likeness (QED) is 0.276. The van der Waals surface area contributed by atoms with Gasteiger partial charge in [0, 0.05) is 61.3 Å². The number of likely N-dealkylation sites (tertiary alicyclic amines) is 2. The van der Waals surface area contributed by atoms with Gasteiger partial charge in [-0.1, -0.05) is 12.1 Å². The first-order valence-electron chi connectivity index (χ1n) is 16.8. The molecule has 2 aromatic carbocycles. The van der Waals surface area contributed by atoms with Crippen molar-refractivity contribution in [3.63, 3.8) is 0 Å². The molecule has 10 heteroatoms. The summed E-state index contributed by atoms with van der Waals surface area (Å²) in [7, 11) is 3.35. The lowest BCUT2D eigenvalue weighted by molar-refractivity contribution is 0.0204. The molecule has 47 heavy (non-hydrogen) atoms. The number of nitrogens with zero attached hydrogens (tertiary/aromatic N) is 4. The molecule has 3 aromatic rings. The number of benzene rings is 2. The van der Waals surface area contributed by atoms with Crippen molar-refractivity contribution in [2.75, 3.05) is 46.9 Å². The number of hydrogen-bond donors (Lipinski definition) is 0. The van der Waals surface area contributed by atoms with E-state index >= 15 is 0 Å². The van der Waals surface area contributed by atoms with Gasteiger partial charge in [-0.25, -0.2) is 9.59 Å². The lowest BCUT2D eigenvalue weighted by Gasteiger charge is -2.35. The summed E-state index contributed by atoms with van der Waals surface area (Å²) in [5, 5.41) is 0.934. The monoisotopic (exact) mass is 644 g/mol. The number of aromatic nitrogens is 1. The van der Waals surface area contributed by atoms with Crippen LogP contribution < -0.4 is 9.47 Å². The van der Waals surface area contributed by atoms with Gasteiger partial charge in [0.05, 0.1) is 26.3 Å². The molecule has 3 aliphatic heterocycles. The van der Waals surface area contributed by atoms with E-state index in [1.54, 1.807) is 19.1 Å². The second-order valence-electron chi connectivity index (χ2n) is 14.1. The Bertz CT molecular complexity index is 1600. The maximum atomic E-state index is 13.4. The maximum Gasteiger partial charge on any atom is 0.410 e. The van der Waals surface area contributed by atoms with Crippen molar-refractivity contribution in [2.24, 2.45) is 0 Å². The van der Waals surface area contributed by atoms with Crippen LogP contribution in [0.2, 0.25) is 0 Å². The molecule has 6 rings (SSSR count). The van der Waals surface area contributed by atoms with Gasteiger partial charge in [-0.3, -0.25) is 9.88 Å². The third-order valence-corrected chi connectivity index (χ3v) is 9.68. The van der Waals surface area contributed by atoms with Crippen LogP contribution >= 0.6 is 0 Å². The molecule has 3 fully saturated rings. The zero-order valence-electron chi connectivity index (χ0n) is 28.6. The smallest absolute Gasteiger partial charge is 0.410 e. The molecule has 0 saturated carbocycles. The van der Waals surface area contributed by atoms with Gasteiger partial charge in [0.2, 0.25) is 0 Å². The van der Waals surface area contributed by atoms with Crippen LogP contribution in [0.1, 0.15) is 80.9 Å². The summed E-state index contributed by atoms with van der Waals surface area (Å²) in [6.45, 7) is 12.2. The van der Waals surface area contributed by atoms with Gasteiger partial charge in [-0.05, 0) is 94.8 Å². The predicted molar refractivity (Wildman–Crippen MR) is 180 cm³/mol. The largest absolute Gasteiger partial charge is 0.497 e. The number of methoxy groups -OCH3 is 2. The Balaban J connectivity index is 1.15. The highest BCUT2D eigenvalue weighted by Gasteiger charge is 2.39. The fraction of sp³-hybridized carbons (Fsp3) is 0.541. The van der Waals surface area contributed by atoms with E-state index in [0.717, 1.165) is 84.5 Å². The Hall–Kier alpha value is -4.05. The zero-order valence-corrected chi connectivity index (χ0v) is 28.6. The normalized spacial score (nSPS) is 20.0. The third-order valence-electron chi connectivity index (χ3n) is 9.68. The second kappa shape index (κ2) is 13.6. The Morgan fingerprint density at radius 3 is 2.36 bits per heavy atom. The van der Waals surface area contributed by atoms with Gasteiger partial charge in [0.25, 0.3) is 0 Å². The van der Waals surface area contributed by atoms with E-state index in [1.807, 2.05) is 49.9 Å². The van der Waals surface area contributed by atoms with Crippen LogP contribution in [-0.4, -0.2) is 90.5 Å². The summed E-state index contributed by atoms with van der Waals surface area (Å²) < 4.78 is 22.7. The standard InChI is InChI=1S/C37H48N4O6/c1-24-19-25(7-10-33(24)45-6)22-39-15-13-27(14-16-39)41-23-34(46-36(41)43)30-21-32(38-31-9-8-28(44-5)20-29(30)31)26-11-17-40(18-12-26)35(42)47-37(2,3)4/h7-10,19-21,26-27,34H,11-18,22-23H2,1-6H3/t34-/m1/s1. The first-order chi connectivity index (χ1) is 22.5. The van der Waals surface area contributed by atoms with Crippen LogP contribution in [0.15, 0.2) is 42.5 Å². The number of carbonyl (C=O) groups excluding carboxylic acids is 2. The minimum Gasteiger partial charge on any atom is -0.497 e. The number of cyclic esters (lactones) is 1. The number of fused-ring (bicyclic) bond motifs is 1. The highest BCUT2D eigenvalue weighted by Crippen LogP contribution is 2.38. The van der Waals surface area contributed by atoms with E-state index in [0.29, 0.717) is 19.6 Å².